The molecule has 3 heterocycles. The Bertz CT molecular complexity index is 2150. The summed E-state index contributed by atoms with van der Waals surface area (Å²) in [5.41, 5.74) is 4.20. The highest BCUT2D eigenvalue weighted by atomic mass is 16.5. The third-order valence-corrected chi connectivity index (χ3v) is 9.00. The molecule has 0 radical (unpaired) electrons. The van der Waals surface area contributed by atoms with Gasteiger partial charge >= 0.3 is 0 Å². The van der Waals surface area contributed by atoms with E-state index in [4.69, 9.17) is 14.2 Å². The molecular weight excluding hydrogens is 610 g/mol. The average Bonchev–Trinajstić information content (AvgIpc) is 3.74. The minimum atomic E-state index is -0.649. The van der Waals surface area contributed by atoms with E-state index >= 15 is 0 Å². The number of benzene rings is 4. The molecule has 0 saturated carbocycles. The average molecular weight is 656 g/mol. The van der Waals surface area contributed by atoms with Crippen molar-refractivity contribution in [3.05, 3.63) is 120 Å². The van der Waals surface area contributed by atoms with Crippen LogP contribution in [-0.4, -0.2) is 36.9 Å². The first-order valence-corrected chi connectivity index (χ1v) is 16.9. The molecule has 0 atom stereocenters. The summed E-state index contributed by atoms with van der Waals surface area (Å²) in [7, 11) is 0. The number of aromatic amines is 3. The number of aromatic nitrogens is 3. The number of aromatic hydroxyl groups is 1. The van der Waals surface area contributed by atoms with Gasteiger partial charge in [0.2, 0.25) is 0 Å². The first kappa shape index (κ1) is 32.3. The van der Waals surface area contributed by atoms with E-state index in [2.05, 4.69) is 80.8 Å². The van der Waals surface area contributed by atoms with Crippen LogP contribution in [-0.2, 0) is 19.3 Å². The largest absolute Gasteiger partial charge is 0.508 e. The summed E-state index contributed by atoms with van der Waals surface area (Å²) in [6.07, 6.45) is 1.63. The van der Waals surface area contributed by atoms with Gasteiger partial charge in [-0.15, -0.1) is 0 Å². The fourth-order valence-electron chi connectivity index (χ4n) is 6.93. The molecule has 4 aromatic carbocycles. The number of ether oxygens (including phenoxy) is 3. The summed E-state index contributed by atoms with van der Waals surface area (Å²) in [6, 6.07) is 34.4. The molecule has 0 aliphatic heterocycles. The second-order valence-corrected chi connectivity index (χ2v) is 15.0. The predicted molar refractivity (Wildman–Crippen MR) is 198 cm³/mol. The maximum atomic E-state index is 11.5. The van der Waals surface area contributed by atoms with Gasteiger partial charge in [0.15, 0.2) is 17.6 Å². The van der Waals surface area contributed by atoms with E-state index in [-0.39, 0.29) is 5.75 Å². The topological polar surface area (TPSA) is 95.3 Å². The van der Waals surface area contributed by atoms with Gasteiger partial charge in [-0.2, -0.15) is 0 Å². The van der Waals surface area contributed by atoms with Gasteiger partial charge < -0.3 is 34.3 Å². The summed E-state index contributed by atoms with van der Waals surface area (Å²) in [5.74, 6) is 2.36. The number of para-hydroxylation sites is 3. The zero-order valence-electron chi connectivity index (χ0n) is 29.1. The van der Waals surface area contributed by atoms with E-state index in [1.165, 1.54) is 0 Å². The van der Waals surface area contributed by atoms with Gasteiger partial charge in [-0.3, -0.25) is 0 Å². The Kier molecular flexibility index (Phi) is 8.10. The third-order valence-electron chi connectivity index (χ3n) is 9.00. The van der Waals surface area contributed by atoms with Crippen LogP contribution in [0, 0.1) is 0 Å². The van der Waals surface area contributed by atoms with Crippen LogP contribution in [0.2, 0.25) is 0 Å². The van der Waals surface area contributed by atoms with Gasteiger partial charge in [-0.1, -0.05) is 60.7 Å². The summed E-state index contributed by atoms with van der Waals surface area (Å²) in [6.45, 7) is 12.5. The van der Waals surface area contributed by atoms with Crippen molar-refractivity contribution in [2.45, 2.75) is 77.6 Å². The number of rotatable bonds is 12. The van der Waals surface area contributed by atoms with Crippen LogP contribution >= 0.6 is 0 Å². The number of hydrogen-bond acceptors (Lipinski definition) is 4. The van der Waals surface area contributed by atoms with Crippen molar-refractivity contribution in [2.24, 2.45) is 0 Å². The van der Waals surface area contributed by atoms with Crippen molar-refractivity contribution in [3.63, 3.8) is 0 Å². The molecule has 0 unspecified atom stereocenters. The molecule has 3 aromatic heterocycles. The molecule has 252 valence electrons. The van der Waals surface area contributed by atoms with E-state index < -0.39 is 16.8 Å². The van der Waals surface area contributed by atoms with Crippen LogP contribution in [0.4, 0.5) is 0 Å². The maximum Gasteiger partial charge on any atom is 0.192 e. The van der Waals surface area contributed by atoms with Crippen molar-refractivity contribution in [3.8, 4) is 23.4 Å². The second-order valence-electron chi connectivity index (χ2n) is 15.0. The standard InChI is InChI=1S/C42H45N3O4/c1-40(2,47-37-21-27-13-7-10-16-33(27)43-37)24-30-19-20-36(46)32(26-42(5,6)49-39-23-29-15-9-12-18-35(29)45-39)31(30)25-41(3,4)48-38-22-28-14-8-11-17-34(28)44-38/h7-23,43-46H,24-26H2,1-6H3. The lowest BCUT2D eigenvalue weighted by Crippen LogP contribution is -2.36. The molecule has 0 bridgehead atoms. The van der Waals surface area contributed by atoms with E-state index in [1.54, 1.807) is 6.07 Å². The SMILES string of the molecule is CC(C)(Cc1ccc(O)c(CC(C)(C)Oc2cc3ccccc3[nH]2)c1CC(C)(C)Oc1cc2ccccc2[nH]1)Oc1cc2ccccc2[nH]1. The van der Waals surface area contributed by atoms with Crippen LogP contribution in [0.25, 0.3) is 32.7 Å². The zero-order valence-corrected chi connectivity index (χ0v) is 29.1. The third kappa shape index (κ3) is 7.26. The Labute approximate surface area is 287 Å². The molecule has 0 aliphatic rings. The summed E-state index contributed by atoms with van der Waals surface area (Å²) in [5, 5.41) is 14.8. The van der Waals surface area contributed by atoms with Crippen molar-refractivity contribution in [1.82, 2.24) is 15.0 Å². The number of phenolic OH excluding ortho intramolecular Hbond substituents is 1. The number of phenols is 1. The van der Waals surface area contributed by atoms with Crippen molar-refractivity contribution >= 4 is 32.7 Å². The molecule has 0 aliphatic carbocycles. The minimum Gasteiger partial charge on any atom is -0.508 e. The smallest absolute Gasteiger partial charge is 0.192 e. The number of nitrogens with one attached hydrogen (secondary N) is 3. The van der Waals surface area contributed by atoms with Crippen molar-refractivity contribution in [1.29, 1.82) is 0 Å². The van der Waals surface area contributed by atoms with Crippen LogP contribution in [0.15, 0.2) is 103 Å². The molecule has 7 aromatic rings. The highest BCUT2D eigenvalue weighted by Crippen LogP contribution is 2.37. The Hall–Kier alpha value is -5.30. The molecule has 7 heteroatoms. The highest BCUT2D eigenvalue weighted by molar-refractivity contribution is 5.82. The van der Waals surface area contributed by atoms with Gasteiger partial charge in [0.1, 0.15) is 22.6 Å². The first-order valence-electron chi connectivity index (χ1n) is 16.9. The number of fused-ring (bicyclic) bond motifs is 3. The van der Waals surface area contributed by atoms with Gasteiger partial charge in [-0.25, -0.2) is 0 Å². The highest BCUT2D eigenvalue weighted by Gasteiger charge is 2.32. The molecule has 49 heavy (non-hydrogen) atoms. The maximum absolute atomic E-state index is 11.5. The van der Waals surface area contributed by atoms with E-state index in [0.29, 0.717) is 31.0 Å². The normalized spacial score (nSPS) is 12.6. The molecule has 4 N–H and O–H groups in total. The molecule has 7 nitrogen and oxygen atoms in total. The van der Waals surface area contributed by atoms with Crippen molar-refractivity contribution in [2.75, 3.05) is 0 Å². The molecule has 0 saturated heterocycles. The monoisotopic (exact) mass is 655 g/mol. The lowest BCUT2D eigenvalue weighted by Gasteiger charge is -2.33. The lowest BCUT2D eigenvalue weighted by molar-refractivity contribution is 0.0943. The summed E-state index contributed by atoms with van der Waals surface area (Å²) < 4.78 is 19.8. The van der Waals surface area contributed by atoms with Crippen LogP contribution in [0.3, 0.4) is 0 Å². The van der Waals surface area contributed by atoms with E-state index in [1.807, 2.05) is 72.8 Å². The molecular formula is C42H45N3O4. The fraction of sp³-hybridized carbons (Fsp3) is 0.286. The van der Waals surface area contributed by atoms with Gasteiger partial charge in [0.05, 0.1) is 0 Å². The molecule has 0 fully saturated rings. The molecule has 7 rings (SSSR count). The Morgan fingerprint density at radius 1 is 0.469 bits per heavy atom. The second kappa shape index (κ2) is 12.3. The quantitative estimate of drug-likeness (QED) is 0.105. The minimum absolute atomic E-state index is 0.239. The van der Waals surface area contributed by atoms with Crippen LogP contribution in [0.5, 0.6) is 23.4 Å². The molecule has 0 amide bonds. The summed E-state index contributed by atoms with van der Waals surface area (Å²) in [4.78, 5) is 10.2. The number of H-pyrrole nitrogens is 3. The van der Waals surface area contributed by atoms with Crippen LogP contribution < -0.4 is 14.2 Å². The first-order chi connectivity index (χ1) is 23.3. The Balaban J connectivity index is 1.21. The Morgan fingerprint density at radius 3 is 1.24 bits per heavy atom. The lowest BCUT2D eigenvalue weighted by atomic mass is 9.83. The fourth-order valence-corrected chi connectivity index (χ4v) is 6.93. The molecule has 0 spiro atoms. The van der Waals surface area contributed by atoms with Crippen LogP contribution in [0.1, 0.15) is 58.2 Å². The van der Waals surface area contributed by atoms with Gasteiger partial charge in [-0.05, 0) is 76.9 Å². The predicted octanol–water partition coefficient (Wildman–Crippen LogP) is 10.0. The van der Waals surface area contributed by atoms with E-state index in [9.17, 15) is 5.11 Å². The van der Waals surface area contributed by atoms with Crippen molar-refractivity contribution < 1.29 is 19.3 Å². The zero-order chi connectivity index (χ0) is 34.4. The Morgan fingerprint density at radius 2 is 0.837 bits per heavy atom. The van der Waals surface area contributed by atoms with Gasteiger partial charge in [0, 0.05) is 75.7 Å². The number of hydrogen-bond donors (Lipinski definition) is 4. The van der Waals surface area contributed by atoms with E-state index in [0.717, 1.165) is 55.3 Å². The van der Waals surface area contributed by atoms with Gasteiger partial charge in [0.25, 0.3) is 0 Å². The summed E-state index contributed by atoms with van der Waals surface area (Å²) >= 11 is 0.